The van der Waals surface area contributed by atoms with E-state index in [2.05, 4.69) is 5.10 Å². The van der Waals surface area contributed by atoms with E-state index in [4.69, 9.17) is 27.5 Å². The lowest BCUT2D eigenvalue weighted by Crippen LogP contribution is -2.21. The van der Waals surface area contributed by atoms with Gasteiger partial charge in [-0.3, -0.25) is 9.48 Å². The molecule has 1 atom stereocenters. The summed E-state index contributed by atoms with van der Waals surface area (Å²) < 4.78 is 46.1. The van der Waals surface area contributed by atoms with Gasteiger partial charge in [-0.25, -0.2) is 0 Å². The zero-order valence-corrected chi connectivity index (χ0v) is 16.1. The topological polar surface area (TPSA) is 100 Å². The number of carbonyl (C=O) groups excluding carboxylic acids is 1. The number of nitrogens with two attached hydrogens (primary N) is 2. The lowest BCUT2D eigenvalue weighted by molar-refractivity contribution is -0.137. The molecule has 0 aliphatic rings. The van der Waals surface area contributed by atoms with Gasteiger partial charge in [0.2, 0.25) is 5.22 Å². The summed E-state index contributed by atoms with van der Waals surface area (Å²) in [6.07, 6.45) is -2.80. The molecule has 0 saturated carbocycles. The van der Waals surface area contributed by atoms with Crippen LogP contribution in [0.15, 0.2) is 40.9 Å². The fourth-order valence-electron chi connectivity index (χ4n) is 3.31. The van der Waals surface area contributed by atoms with Crippen molar-refractivity contribution in [2.75, 3.05) is 6.54 Å². The first-order valence-electron chi connectivity index (χ1n) is 8.60. The molecular weight excluding hydrogens is 409 g/mol. The Morgan fingerprint density at radius 2 is 2.07 bits per heavy atom. The number of hydrogen-bond acceptors (Lipinski definition) is 4. The fourth-order valence-corrected chi connectivity index (χ4v) is 3.58. The van der Waals surface area contributed by atoms with Crippen LogP contribution in [0.1, 0.15) is 33.2 Å². The van der Waals surface area contributed by atoms with Crippen molar-refractivity contribution in [3.8, 4) is 11.3 Å². The Labute approximate surface area is 169 Å². The van der Waals surface area contributed by atoms with Crippen molar-refractivity contribution in [2.45, 2.75) is 18.5 Å². The van der Waals surface area contributed by atoms with E-state index in [-0.39, 0.29) is 23.9 Å². The monoisotopic (exact) mass is 426 g/mol. The van der Waals surface area contributed by atoms with Crippen LogP contribution < -0.4 is 11.5 Å². The van der Waals surface area contributed by atoms with Crippen LogP contribution in [0.25, 0.3) is 11.3 Å². The molecule has 3 rings (SSSR count). The molecule has 154 valence electrons. The number of hydrogen-bond donors (Lipinski definition) is 2. The molecule has 2 aromatic heterocycles. The molecule has 3 aromatic rings. The Bertz CT molecular complexity index is 1040. The summed E-state index contributed by atoms with van der Waals surface area (Å²) >= 11 is 6.24. The molecule has 6 nitrogen and oxygen atoms in total. The standard InChI is InChI=1S/C19H18ClF3N4O2/c1-27-13(5-6-26-27)15-14(16(18(25)28)29-17(15)20)11(9-24)7-10-3-2-4-12(8-10)19(21,22)23/h2-6,8,11H,7,9,24H2,1H3,(H2,25,28)/t11-/m1/s1. The Hall–Kier alpha value is -2.78. The molecule has 4 N–H and O–H groups in total. The molecule has 0 aliphatic carbocycles. The van der Waals surface area contributed by atoms with Gasteiger partial charge in [0.1, 0.15) is 0 Å². The summed E-state index contributed by atoms with van der Waals surface area (Å²) in [7, 11) is 1.68. The number of rotatable bonds is 6. The summed E-state index contributed by atoms with van der Waals surface area (Å²) in [6, 6.07) is 6.60. The van der Waals surface area contributed by atoms with E-state index in [0.717, 1.165) is 12.1 Å². The van der Waals surface area contributed by atoms with Gasteiger partial charge in [-0.2, -0.15) is 18.3 Å². The molecule has 1 amide bonds. The molecule has 0 bridgehead atoms. The summed E-state index contributed by atoms with van der Waals surface area (Å²) in [5.41, 5.74) is 12.3. The average Bonchev–Trinajstić information content (AvgIpc) is 3.22. The maximum absolute atomic E-state index is 13.0. The third-order valence-electron chi connectivity index (χ3n) is 4.63. The van der Waals surface area contributed by atoms with Crippen molar-refractivity contribution in [1.82, 2.24) is 9.78 Å². The highest BCUT2D eigenvalue weighted by molar-refractivity contribution is 6.32. The molecule has 29 heavy (non-hydrogen) atoms. The van der Waals surface area contributed by atoms with Crippen LogP contribution in [0.2, 0.25) is 5.22 Å². The fraction of sp³-hybridized carbons (Fsp3) is 0.263. The van der Waals surface area contributed by atoms with Crippen LogP contribution in [0, 0.1) is 0 Å². The van der Waals surface area contributed by atoms with Gasteiger partial charge in [0, 0.05) is 24.7 Å². The SMILES string of the molecule is Cn1nccc1-c1c(Cl)oc(C(N)=O)c1[C@@H](CN)Cc1cccc(C(F)(F)F)c1. The second-order valence-corrected chi connectivity index (χ2v) is 6.88. The maximum atomic E-state index is 13.0. The summed E-state index contributed by atoms with van der Waals surface area (Å²) in [4.78, 5) is 12.0. The number of benzene rings is 1. The number of primary amides is 1. The summed E-state index contributed by atoms with van der Waals surface area (Å²) in [6.45, 7) is 0.0250. The Balaban J connectivity index is 2.10. The summed E-state index contributed by atoms with van der Waals surface area (Å²) in [5, 5.41) is 4.01. The minimum atomic E-state index is -4.47. The van der Waals surface area contributed by atoms with Crippen molar-refractivity contribution >= 4 is 17.5 Å². The largest absolute Gasteiger partial charge is 0.438 e. The predicted octanol–water partition coefficient (Wildman–Crippen LogP) is 3.74. The van der Waals surface area contributed by atoms with Crippen molar-refractivity contribution in [1.29, 1.82) is 0 Å². The molecular formula is C19H18ClF3N4O2. The Kier molecular flexibility index (Phi) is 5.72. The molecule has 0 spiro atoms. The van der Waals surface area contributed by atoms with Gasteiger partial charge in [-0.15, -0.1) is 0 Å². The average molecular weight is 427 g/mol. The maximum Gasteiger partial charge on any atom is 0.416 e. The highest BCUT2D eigenvalue weighted by Gasteiger charge is 2.32. The molecule has 2 heterocycles. The predicted molar refractivity (Wildman–Crippen MR) is 101 cm³/mol. The number of halogens is 4. The Morgan fingerprint density at radius 3 is 2.62 bits per heavy atom. The van der Waals surface area contributed by atoms with Gasteiger partial charge < -0.3 is 15.9 Å². The second kappa shape index (κ2) is 7.92. The number of carbonyl (C=O) groups is 1. The summed E-state index contributed by atoms with van der Waals surface area (Å²) in [5.74, 6) is -1.59. The first-order valence-corrected chi connectivity index (χ1v) is 8.97. The van der Waals surface area contributed by atoms with Crippen LogP contribution in [0.5, 0.6) is 0 Å². The van der Waals surface area contributed by atoms with E-state index >= 15 is 0 Å². The number of aromatic nitrogens is 2. The van der Waals surface area contributed by atoms with E-state index in [9.17, 15) is 18.0 Å². The van der Waals surface area contributed by atoms with E-state index in [1.165, 1.54) is 16.9 Å². The lowest BCUT2D eigenvalue weighted by atomic mass is 9.88. The normalized spacial score (nSPS) is 12.9. The van der Waals surface area contributed by atoms with Gasteiger partial charge in [0.25, 0.3) is 5.91 Å². The molecule has 0 radical (unpaired) electrons. The minimum Gasteiger partial charge on any atom is -0.438 e. The molecule has 0 saturated heterocycles. The number of nitrogens with zero attached hydrogens (tertiary/aromatic N) is 2. The first kappa shape index (κ1) is 20.9. The number of furan rings is 1. The smallest absolute Gasteiger partial charge is 0.416 e. The quantitative estimate of drug-likeness (QED) is 0.627. The molecule has 0 fully saturated rings. The minimum absolute atomic E-state index is 0.0250. The van der Waals surface area contributed by atoms with Gasteiger partial charge in [-0.1, -0.05) is 18.2 Å². The van der Waals surface area contributed by atoms with Gasteiger partial charge in [0.15, 0.2) is 5.76 Å². The highest BCUT2D eigenvalue weighted by Crippen LogP contribution is 2.41. The van der Waals surface area contributed by atoms with Crippen molar-refractivity contribution in [2.24, 2.45) is 18.5 Å². The lowest BCUT2D eigenvalue weighted by Gasteiger charge is -2.18. The third-order valence-corrected chi connectivity index (χ3v) is 4.90. The third kappa shape index (κ3) is 4.15. The van der Waals surface area contributed by atoms with Crippen LogP contribution >= 0.6 is 11.6 Å². The molecule has 0 unspecified atom stereocenters. The van der Waals surface area contributed by atoms with Crippen molar-refractivity contribution in [3.63, 3.8) is 0 Å². The van der Waals surface area contributed by atoms with Crippen LogP contribution in [-0.4, -0.2) is 22.2 Å². The molecule has 1 aromatic carbocycles. The first-order chi connectivity index (χ1) is 13.6. The number of alkyl halides is 3. The van der Waals surface area contributed by atoms with E-state index in [1.54, 1.807) is 19.2 Å². The van der Waals surface area contributed by atoms with Crippen molar-refractivity contribution < 1.29 is 22.4 Å². The van der Waals surface area contributed by atoms with E-state index in [0.29, 0.717) is 22.4 Å². The highest BCUT2D eigenvalue weighted by atomic mass is 35.5. The second-order valence-electron chi connectivity index (χ2n) is 6.53. The van der Waals surface area contributed by atoms with Gasteiger partial charge in [-0.05, 0) is 42.3 Å². The number of aryl methyl sites for hydroxylation is 1. The zero-order valence-electron chi connectivity index (χ0n) is 15.3. The van der Waals surface area contributed by atoms with E-state index in [1.807, 2.05) is 0 Å². The van der Waals surface area contributed by atoms with Crippen molar-refractivity contribution in [3.05, 3.63) is 64.2 Å². The van der Waals surface area contributed by atoms with Crippen LogP contribution in [-0.2, 0) is 19.6 Å². The van der Waals surface area contributed by atoms with Gasteiger partial charge >= 0.3 is 6.18 Å². The zero-order chi connectivity index (χ0) is 21.3. The molecule has 10 heteroatoms. The van der Waals surface area contributed by atoms with E-state index < -0.39 is 23.6 Å². The Morgan fingerprint density at radius 1 is 1.34 bits per heavy atom. The number of amides is 1. The van der Waals surface area contributed by atoms with Gasteiger partial charge in [0.05, 0.1) is 16.8 Å². The van der Waals surface area contributed by atoms with Crippen LogP contribution in [0.3, 0.4) is 0 Å². The molecule has 0 aliphatic heterocycles. The van der Waals surface area contributed by atoms with Crippen LogP contribution in [0.4, 0.5) is 13.2 Å².